The molecule has 2 heterocycles. The van der Waals surface area contributed by atoms with Gasteiger partial charge in [0.05, 0.1) is 11.3 Å². The fourth-order valence-electron chi connectivity index (χ4n) is 1.73. The number of ether oxygens (including phenoxy) is 1. The number of ketones is 1. The first kappa shape index (κ1) is 9.78. The van der Waals surface area contributed by atoms with Gasteiger partial charge in [-0.2, -0.15) is 0 Å². The zero-order valence-corrected chi connectivity index (χ0v) is 8.96. The van der Waals surface area contributed by atoms with Crippen molar-refractivity contribution in [2.75, 3.05) is 0 Å². The number of rotatable bonds is 1. The van der Waals surface area contributed by atoms with Gasteiger partial charge in [-0.25, -0.2) is 0 Å². The Kier molecular flexibility index (Phi) is 2.22. The number of carbonyl (C=O) groups excluding carboxylic acids is 1. The molecular formula is C14H9NO2. The smallest absolute Gasteiger partial charge is 0.232 e. The number of pyridine rings is 1. The van der Waals surface area contributed by atoms with E-state index in [-0.39, 0.29) is 5.78 Å². The number of allylic oxidation sites excluding steroid dienone is 1. The SMILES string of the molecule is O=C1/C(=C\c2ccccn2)Oc2ccccc21. The van der Waals surface area contributed by atoms with Crippen LogP contribution in [0, 0.1) is 0 Å². The first-order chi connectivity index (χ1) is 8.34. The second-order valence-corrected chi connectivity index (χ2v) is 3.69. The molecule has 0 bridgehead atoms. The fourth-order valence-corrected chi connectivity index (χ4v) is 1.73. The molecule has 0 amide bonds. The normalized spacial score (nSPS) is 15.8. The number of Topliss-reactive ketones (excluding diaryl/α,β-unsaturated/α-hetero) is 1. The molecule has 0 unspecified atom stereocenters. The summed E-state index contributed by atoms with van der Waals surface area (Å²) in [6.07, 6.45) is 3.33. The van der Waals surface area contributed by atoms with Gasteiger partial charge in [-0.1, -0.05) is 18.2 Å². The van der Waals surface area contributed by atoms with Gasteiger partial charge < -0.3 is 4.74 Å². The van der Waals surface area contributed by atoms with E-state index in [2.05, 4.69) is 4.98 Å². The molecule has 0 saturated heterocycles. The zero-order valence-electron chi connectivity index (χ0n) is 8.96. The molecule has 17 heavy (non-hydrogen) atoms. The van der Waals surface area contributed by atoms with Crippen molar-refractivity contribution in [1.29, 1.82) is 0 Å². The number of hydrogen-bond donors (Lipinski definition) is 0. The van der Waals surface area contributed by atoms with E-state index in [0.29, 0.717) is 22.8 Å². The lowest BCUT2D eigenvalue weighted by molar-refractivity contribution is 0.101. The van der Waals surface area contributed by atoms with E-state index in [1.165, 1.54) is 0 Å². The Balaban J connectivity index is 2.00. The molecule has 0 fully saturated rings. The summed E-state index contributed by atoms with van der Waals surface area (Å²) in [4.78, 5) is 16.1. The molecular weight excluding hydrogens is 214 g/mol. The van der Waals surface area contributed by atoms with Crippen LogP contribution in [-0.2, 0) is 0 Å². The quantitative estimate of drug-likeness (QED) is 0.698. The summed E-state index contributed by atoms with van der Waals surface area (Å²) in [6, 6.07) is 12.7. The average Bonchev–Trinajstić information content (AvgIpc) is 2.68. The van der Waals surface area contributed by atoms with Gasteiger partial charge >= 0.3 is 0 Å². The lowest BCUT2D eigenvalue weighted by atomic mass is 10.1. The first-order valence-electron chi connectivity index (χ1n) is 5.29. The molecule has 3 nitrogen and oxygen atoms in total. The Bertz CT molecular complexity index is 603. The number of benzene rings is 1. The molecule has 3 rings (SSSR count). The molecule has 1 aromatic carbocycles. The molecule has 1 aromatic heterocycles. The maximum Gasteiger partial charge on any atom is 0.232 e. The van der Waals surface area contributed by atoms with Gasteiger partial charge in [0.2, 0.25) is 5.78 Å². The molecule has 0 spiro atoms. The summed E-state index contributed by atoms with van der Waals surface area (Å²) in [5, 5.41) is 0. The van der Waals surface area contributed by atoms with Crippen molar-refractivity contribution in [3.05, 3.63) is 65.7 Å². The van der Waals surface area contributed by atoms with Crippen LogP contribution >= 0.6 is 0 Å². The number of fused-ring (bicyclic) bond motifs is 1. The van der Waals surface area contributed by atoms with Crippen molar-refractivity contribution in [3.8, 4) is 5.75 Å². The molecule has 0 radical (unpaired) electrons. The monoisotopic (exact) mass is 223 g/mol. The standard InChI is InChI=1S/C14H9NO2/c16-14-11-6-1-2-7-12(11)17-13(14)9-10-5-3-4-8-15-10/h1-9H/b13-9+. The van der Waals surface area contributed by atoms with Crippen LogP contribution in [0.1, 0.15) is 16.1 Å². The van der Waals surface area contributed by atoms with Crippen molar-refractivity contribution >= 4 is 11.9 Å². The van der Waals surface area contributed by atoms with E-state index in [1.54, 1.807) is 24.4 Å². The van der Waals surface area contributed by atoms with Gasteiger partial charge in [0, 0.05) is 12.3 Å². The highest BCUT2D eigenvalue weighted by molar-refractivity contribution is 6.14. The van der Waals surface area contributed by atoms with Gasteiger partial charge in [-0.05, 0) is 24.3 Å². The Morgan fingerprint density at radius 3 is 2.65 bits per heavy atom. The Morgan fingerprint density at radius 2 is 1.88 bits per heavy atom. The minimum atomic E-state index is -0.0914. The lowest BCUT2D eigenvalue weighted by Gasteiger charge is -1.97. The van der Waals surface area contributed by atoms with Crippen LogP contribution in [0.25, 0.3) is 6.08 Å². The molecule has 2 aromatic rings. The molecule has 1 aliphatic heterocycles. The number of carbonyl (C=O) groups is 1. The number of hydrogen-bond acceptors (Lipinski definition) is 3. The topological polar surface area (TPSA) is 39.2 Å². The molecule has 1 aliphatic rings. The number of para-hydroxylation sites is 1. The molecule has 82 valence electrons. The van der Waals surface area contributed by atoms with Crippen LogP contribution < -0.4 is 4.74 Å². The van der Waals surface area contributed by atoms with Crippen LogP contribution in [0.4, 0.5) is 0 Å². The van der Waals surface area contributed by atoms with Gasteiger partial charge in [0.15, 0.2) is 5.76 Å². The molecule has 0 saturated carbocycles. The highest BCUT2D eigenvalue weighted by Gasteiger charge is 2.26. The van der Waals surface area contributed by atoms with Gasteiger partial charge in [-0.3, -0.25) is 9.78 Å². The van der Waals surface area contributed by atoms with Crippen molar-refractivity contribution in [2.45, 2.75) is 0 Å². The highest BCUT2D eigenvalue weighted by atomic mass is 16.5. The molecule has 0 atom stereocenters. The summed E-state index contributed by atoms with van der Waals surface area (Å²) in [6.45, 7) is 0. The van der Waals surface area contributed by atoms with Gasteiger partial charge in [0.1, 0.15) is 5.75 Å². The minimum absolute atomic E-state index is 0.0914. The molecule has 0 aliphatic carbocycles. The van der Waals surface area contributed by atoms with Crippen molar-refractivity contribution in [2.24, 2.45) is 0 Å². The third-order valence-corrected chi connectivity index (χ3v) is 2.54. The summed E-state index contributed by atoms with van der Waals surface area (Å²) in [7, 11) is 0. The third kappa shape index (κ3) is 1.72. The molecule has 0 N–H and O–H groups in total. The van der Waals surface area contributed by atoms with E-state index in [9.17, 15) is 4.79 Å². The van der Waals surface area contributed by atoms with Crippen LogP contribution in [0.3, 0.4) is 0 Å². The van der Waals surface area contributed by atoms with Crippen LogP contribution in [0.2, 0.25) is 0 Å². The summed E-state index contributed by atoms with van der Waals surface area (Å²) in [5.41, 5.74) is 1.32. The lowest BCUT2D eigenvalue weighted by Crippen LogP contribution is -1.98. The predicted octanol–water partition coefficient (Wildman–Crippen LogP) is 2.70. The van der Waals surface area contributed by atoms with E-state index in [1.807, 2.05) is 30.3 Å². The summed E-state index contributed by atoms with van der Waals surface area (Å²) in [5.74, 6) is 0.843. The molecule has 3 heteroatoms. The maximum atomic E-state index is 12.0. The third-order valence-electron chi connectivity index (χ3n) is 2.54. The number of nitrogens with zero attached hydrogens (tertiary/aromatic N) is 1. The zero-order chi connectivity index (χ0) is 11.7. The average molecular weight is 223 g/mol. The van der Waals surface area contributed by atoms with Crippen LogP contribution in [0.15, 0.2) is 54.4 Å². The predicted molar refractivity (Wildman–Crippen MR) is 63.6 cm³/mol. The Morgan fingerprint density at radius 1 is 1.06 bits per heavy atom. The second-order valence-electron chi connectivity index (χ2n) is 3.69. The van der Waals surface area contributed by atoms with Crippen LogP contribution in [0.5, 0.6) is 5.75 Å². The first-order valence-corrected chi connectivity index (χ1v) is 5.29. The number of aromatic nitrogens is 1. The largest absolute Gasteiger partial charge is 0.452 e. The second kappa shape index (κ2) is 3.87. The van der Waals surface area contributed by atoms with E-state index >= 15 is 0 Å². The van der Waals surface area contributed by atoms with Crippen molar-refractivity contribution < 1.29 is 9.53 Å². The maximum absolute atomic E-state index is 12.0. The highest BCUT2D eigenvalue weighted by Crippen LogP contribution is 2.30. The Hall–Kier alpha value is -2.42. The van der Waals surface area contributed by atoms with Gasteiger partial charge in [-0.15, -0.1) is 0 Å². The fraction of sp³-hybridized carbons (Fsp3) is 0. The van der Waals surface area contributed by atoms with Gasteiger partial charge in [0.25, 0.3) is 0 Å². The van der Waals surface area contributed by atoms with E-state index in [0.717, 1.165) is 0 Å². The van der Waals surface area contributed by atoms with E-state index < -0.39 is 0 Å². The van der Waals surface area contributed by atoms with Crippen LogP contribution in [-0.4, -0.2) is 10.8 Å². The van der Waals surface area contributed by atoms with E-state index in [4.69, 9.17) is 4.74 Å². The summed E-state index contributed by atoms with van der Waals surface area (Å²) < 4.78 is 5.49. The summed E-state index contributed by atoms with van der Waals surface area (Å²) >= 11 is 0. The van der Waals surface area contributed by atoms with Crippen molar-refractivity contribution in [1.82, 2.24) is 4.98 Å². The van der Waals surface area contributed by atoms with Crippen molar-refractivity contribution in [3.63, 3.8) is 0 Å². The minimum Gasteiger partial charge on any atom is -0.452 e. The Labute approximate surface area is 98.4 Å².